The molecular formula is C16H16BrN3O3S. The summed E-state index contributed by atoms with van der Waals surface area (Å²) in [6, 6.07) is 8.28. The molecule has 126 valence electrons. The highest BCUT2D eigenvalue weighted by Gasteiger charge is 2.39. The maximum absolute atomic E-state index is 13.1. The first kappa shape index (κ1) is 17.1. The van der Waals surface area contributed by atoms with Gasteiger partial charge in [-0.2, -0.15) is 4.31 Å². The van der Waals surface area contributed by atoms with Crippen LogP contribution in [-0.2, 0) is 27.8 Å². The molecule has 0 unspecified atom stereocenters. The van der Waals surface area contributed by atoms with E-state index in [4.69, 9.17) is 0 Å². The first-order valence-corrected chi connectivity index (χ1v) is 9.57. The molecule has 1 amide bonds. The molecule has 0 bridgehead atoms. The minimum Gasteiger partial charge on any atom is -0.358 e. The summed E-state index contributed by atoms with van der Waals surface area (Å²) < 4.78 is 27.9. The number of nitrogens with zero attached hydrogens (tertiary/aromatic N) is 2. The summed E-state index contributed by atoms with van der Waals surface area (Å²) in [6.07, 6.45) is 3.15. The van der Waals surface area contributed by atoms with Gasteiger partial charge >= 0.3 is 0 Å². The van der Waals surface area contributed by atoms with E-state index < -0.39 is 16.1 Å². The second kappa shape index (κ2) is 6.62. The molecule has 1 atom stereocenters. The predicted octanol–water partition coefficient (Wildman–Crippen LogP) is 1.71. The molecule has 1 N–H and O–H groups in total. The number of pyridine rings is 1. The molecule has 8 heteroatoms. The number of hydrogen-bond acceptors (Lipinski definition) is 4. The third-order valence-corrected chi connectivity index (χ3v) is 6.29. The van der Waals surface area contributed by atoms with Crippen molar-refractivity contribution in [1.82, 2.24) is 14.6 Å². The Bertz CT molecular complexity index is 886. The van der Waals surface area contributed by atoms with Crippen LogP contribution < -0.4 is 5.32 Å². The van der Waals surface area contributed by atoms with Gasteiger partial charge in [-0.15, -0.1) is 0 Å². The maximum atomic E-state index is 13.1. The molecule has 6 nitrogen and oxygen atoms in total. The lowest BCUT2D eigenvalue weighted by Gasteiger charge is -2.34. The highest BCUT2D eigenvalue weighted by molar-refractivity contribution is 9.10. The Labute approximate surface area is 149 Å². The standard InChI is InChI=1S/C16H16BrN3O3S/c1-18-16(21)15-6-11-4-2-3-5-12(11)10-20(15)24(22,23)14-7-13(17)8-19-9-14/h2-5,7-9,15H,6,10H2,1H3,(H,18,21)/t15-/m1/s1. The van der Waals surface area contributed by atoms with E-state index in [0.29, 0.717) is 10.9 Å². The van der Waals surface area contributed by atoms with E-state index in [2.05, 4.69) is 26.2 Å². The molecular weight excluding hydrogens is 394 g/mol. The highest BCUT2D eigenvalue weighted by atomic mass is 79.9. The molecule has 0 saturated heterocycles. The van der Waals surface area contributed by atoms with Crippen LogP contribution in [0.2, 0.25) is 0 Å². The van der Waals surface area contributed by atoms with E-state index >= 15 is 0 Å². The first-order chi connectivity index (χ1) is 11.4. The van der Waals surface area contributed by atoms with Crippen LogP contribution in [0.5, 0.6) is 0 Å². The van der Waals surface area contributed by atoms with Crippen LogP contribution in [0.15, 0.2) is 52.1 Å². The van der Waals surface area contributed by atoms with Crippen molar-refractivity contribution in [3.05, 3.63) is 58.3 Å². The molecule has 0 fully saturated rings. The molecule has 1 aliphatic rings. The first-order valence-electron chi connectivity index (χ1n) is 7.34. The zero-order chi connectivity index (χ0) is 17.3. The van der Waals surface area contributed by atoms with Gasteiger partial charge in [0.05, 0.1) is 0 Å². The fourth-order valence-corrected chi connectivity index (χ4v) is 4.88. The van der Waals surface area contributed by atoms with Crippen molar-refractivity contribution < 1.29 is 13.2 Å². The summed E-state index contributed by atoms with van der Waals surface area (Å²) in [5, 5.41) is 2.56. The normalized spacial score (nSPS) is 18.0. The summed E-state index contributed by atoms with van der Waals surface area (Å²) in [7, 11) is -2.34. The molecule has 0 radical (unpaired) electrons. The summed E-state index contributed by atoms with van der Waals surface area (Å²) in [5.41, 5.74) is 1.90. The van der Waals surface area contributed by atoms with Crippen molar-refractivity contribution in [3.8, 4) is 0 Å². The van der Waals surface area contributed by atoms with Crippen LogP contribution >= 0.6 is 15.9 Å². The van der Waals surface area contributed by atoms with Crippen molar-refractivity contribution in [2.75, 3.05) is 7.05 Å². The van der Waals surface area contributed by atoms with Crippen LogP contribution in [0.25, 0.3) is 0 Å². The van der Waals surface area contributed by atoms with Crippen molar-refractivity contribution in [1.29, 1.82) is 0 Å². The van der Waals surface area contributed by atoms with Crippen molar-refractivity contribution in [2.45, 2.75) is 23.9 Å². The number of sulfonamides is 1. The van der Waals surface area contributed by atoms with Gasteiger partial charge in [0, 0.05) is 30.5 Å². The van der Waals surface area contributed by atoms with E-state index in [0.717, 1.165) is 11.1 Å². The van der Waals surface area contributed by atoms with Crippen LogP contribution in [0.4, 0.5) is 0 Å². The Morgan fingerprint density at radius 3 is 2.67 bits per heavy atom. The Hall–Kier alpha value is -1.77. The number of aromatic nitrogens is 1. The summed E-state index contributed by atoms with van der Waals surface area (Å²) >= 11 is 3.24. The lowest BCUT2D eigenvalue weighted by Crippen LogP contribution is -2.51. The molecule has 2 heterocycles. The van der Waals surface area contributed by atoms with Crippen molar-refractivity contribution in [3.63, 3.8) is 0 Å². The smallest absolute Gasteiger partial charge is 0.245 e. The number of fused-ring (bicyclic) bond motifs is 1. The van der Waals surface area contributed by atoms with E-state index in [9.17, 15) is 13.2 Å². The quantitative estimate of drug-likeness (QED) is 0.836. The number of benzene rings is 1. The Morgan fingerprint density at radius 2 is 2.00 bits per heavy atom. The lowest BCUT2D eigenvalue weighted by molar-refractivity contribution is -0.124. The third kappa shape index (κ3) is 3.09. The number of likely N-dealkylation sites (N-methyl/N-ethyl adjacent to an activating group) is 1. The lowest BCUT2D eigenvalue weighted by atomic mass is 9.95. The fraction of sp³-hybridized carbons (Fsp3) is 0.250. The molecule has 24 heavy (non-hydrogen) atoms. The molecule has 0 spiro atoms. The SMILES string of the molecule is CNC(=O)[C@H]1Cc2ccccc2CN1S(=O)(=O)c1cncc(Br)c1. The van der Waals surface area contributed by atoms with Crippen LogP contribution in [0.3, 0.4) is 0 Å². The Morgan fingerprint density at radius 1 is 1.29 bits per heavy atom. The number of amides is 1. The van der Waals surface area contributed by atoms with Gasteiger partial charge in [-0.3, -0.25) is 9.78 Å². The van der Waals surface area contributed by atoms with Crippen LogP contribution in [-0.4, -0.2) is 36.7 Å². The van der Waals surface area contributed by atoms with Gasteiger partial charge in [0.1, 0.15) is 10.9 Å². The number of carbonyl (C=O) groups is 1. The average molecular weight is 410 g/mol. The minimum atomic E-state index is -3.85. The highest BCUT2D eigenvalue weighted by Crippen LogP contribution is 2.29. The molecule has 0 aliphatic carbocycles. The van der Waals surface area contributed by atoms with Crippen molar-refractivity contribution in [2.24, 2.45) is 0 Å². The summed E-state index contributed by atoms with van der Waals surface area (Å²) in [4.78, 5) is 16.3. The fourth-order valence-electron chi connectivity index (χ4n) is 2.81. The third-order valence-electron chi connectivity index (χ3n) is 4.04. The molecule has 2 aromatic rings. The number of halogens is 1. The van der Waals surface area contributed by atoms with Gasteiger partial charge in [0.15, 0.2) is 0 Å². The second-order valence-corrected chi connectivity index (χ2v) is 8.30. The maximum Gasteiger partial charge on any atom is 0.245 e. The average Bonchev–Trinajstić information content (AvgIpc) is 2.60. The van der Waals surface area contributed by atoms with Gasteiger partial charge < -0.3 is 5.32 Å². The van der Waals surface area contributed by atoms with Gasteiger partial charge in [0.25, 0.3) is 0 Å². The number of nitrogens with one attached hydrogen (secondary N) is 1. The number of hydrogen-bond donors (Lipinski definition) is 1. The summed E-state index contributed by atoms with van der Waals surface area (Å²) in [6.45, 7) is 0.156. The Kier molecular flexibility index (Phi) is 4.71. The number of carbonyl (C=O) groups excluding carboxylic acids is 1. The van der Waals surface area contributed by atoms with Gasteiger partial charge in [-0.25, -0.2) is 8.42 Å². The zero-order valence-corrected chi connectivity index (χ0v) is 15.3. The largest absolute Gasteiger partial charge is 0.358 e. The zero-order valence-electron chi connectivity index (χ0n) is 12.9. The van der Waals surface area contributed by atoms with Gasteiger partial charge in [-0.1, -0.05) is 24.3 Å². The summed E-state index contributed by atoms with van der Waals surface area (Å²) in [5.74, 6) is -0.323. The van der Waals surface area contributed by atoms with Crippen LogP contribution in [0.1, 0.15) is 11.1 Å². The van der Waals surface area contributed by atoms with Gasteiger partial charge in [0.2, 0.25) is 15.9 Å². The van der Waals surface area contributed by atoms with Crippen molar-refractivity contribution >= 4 is 31.9 Å². The molecule has 1 aromatic carbocycles. The minimum absolute atomic E-state index is 0.0603. The molecule has 1 aliphatic heterocycles. The molecule has 0 saturated carbocycles. The molecule has 1 aromatic heterocycles. The monoisotopic (exact) mass is 409 g/mol. The predicted molar refractivity (Wildman–Crippen MR) is 92.7 cm³/mol. The van der Waals surface area contributed by atoms with E-state index in [1.807, 2.05) is 24.3 Å². The number of rotatable bonds is 3. The van der Waals surface area contributed by atoms with Gasteiger partial charge in [-0.05, 0) is 39.5 Å². The van der Waals surface area contributed by atoms with Crippen LogP contribution in [0, 0.1) is 0 Å². The van der Waals surface area contributed by atoms with E-state index in [-0.39, 0.29) is 17.3 Å². The van der Waals surface area contributed by atoms with E-state index in [1.54, 1.807) is 0 Å². The second-order valence-electron chi connectivity index (χ2n) is 5.49. The van der Waals surface area contributed by atoms with E-state index in [1.165, 1.54) is 29.8 Å². The Balaban J connectivity index is 2.07. The molecule has 3 rings (SSSR count). The topological polar surface area (TPSA) is 79.4 Å².